The highest BCUT2D eigenvalue weighted by atomic mass is 15.4. The van der Waals surface area contributed by atoms with Crippen molar-refractivity contribution in [2.45, 2.75) is 137 Å². The highest BCUT2D eigenvalue weighted by Gasteiger charge is 2.50. The first-order valence-electron chi connectivity index (χ1n) is 18.9. The molecule has 0 N–H and O–H groups in total. The number of pyridine rings is 3. The zero-order valence-corrected chi connectivity index (χ0v) is 34.7. The smallest absolute Gasteiger partial charge is 0.179 e. The SMILES string of the molecule is CC1=NC(C)(C)C(C)(C)N1c1ccc(-c2cc(-c3ccc(N4C(C)=NC(C)(C)C4(C)C)cn3)nc(-c3ccc(N4C(C)=NC(C)(C)C4(C)C)cn3)n2)nc1. The molecular weight excluding hydrogens is 671 g/mol. The first-order valence-corrected chi connectivity index (χ1v) is 18.9. The molecule has 11 nitrogen and oxygen atoms in total. The molecule has 11 heteroatoms. The predicted octanol–water partition coefficient (Wildman–Crippen LogP) is 9.05. The third-order valence-electron chi connectivity index (χ3n) is 13.0. The number of rotatable bonds is 6. The van der Waals surface area contributed by atoms with Crippen molar-refractivity contribution in [3.05, 3.63) is 61.1 Å². The Balaban J connectivity index is 1.28. The molecule has 0 spiro atoms. The molecule has 0 aromatic carbocycles. The first kappa shape index (κ1) is 37.3. The molecule has 0 amide bonds. The van der Waals surface area contributed by atoms with E-state index < -0.39 is 0 Å². The number of hydrogen-bond donors (Lipinski definition) is 0. The molecule has 7 heterocycles. The molecule has 3 aliphatic heterocycles. The normalized spacial score (nSPS) is 21.6. The van der Waals surface area contributed by atoms with Crippen LogP contribution >= 0.6 is 0 Å². The van der Waals surface area contributed by atoms with Gasteiger partial charge in [0.1, 0.15) is 23.2 Å². The quantitative estimate of drug-likeness (QED) is 0.194. The largest absolute Gasteiger partial charge is 0.321 e. The monoisotopic (exact) mass is 725 g/mol. The number of aromatic nitrogens is 5. The molecule has 0 unspecified atom stereocenters. The van der Waals surface area contributed by atoms with Gasteiger partial charge in [-0.05, 0) is 146 Å². The Morgan fingerprint density at radius 3 is 0.926 bits per heavy atom. The number of hydrogen-bond acceptors (Lipinski definition) is 11. The van der Waals surface area contributed by atoms with E-state index in [1.807, 2.05) is 42.9 Å². The highest BCUT2D eigenvalue weighted by molar-refractivity contribution is 6.01. The second-order valence-corrected chi connectivity index (χ2v) is 18.0. The lowest BCUT2D eigenvalue weighted by atomic mass is 9.83. The average molecular weight is 726 g/mol. The van der Waals surface area contributed by atoms with Crippen molar-refractivity contribution in [3.8, 4) is 34.3 Å². The Morgan fingerprint density at radius 2 is 0.685 bits per heavy atom. The van der Waals surface area contributed by atoms with Crippen molar-refractivity contribution >= 4 is 34.6 Å². The minimum Gasteiger partial charge on any atom is -0.321 e. The lowest BCUT2D eigenvalue weighted by Crippen LogP contribution is -2.53. The van der Waals surface area contributed by atoms with Crippen LogP contribution in [0.15, 0.2) is 76.0 Å². The number of anilines is 3. The van der Waals surface area contributed by atoms with Crippen molar-refractivity contribution in [1.29, 1.82) is 0 Å². The van der Waals surface area contributed by atoms with Crippen LogP contribution < -0.4 is 14.7 Å². The van der Waals surface area contributed by atoms with Gasteiger partial charge in [-0.2, -0.15) is 0 Å². The van der Waals surface area contributed by atoms with E-state index >= 15 is 0 Å². The Kier molecular flexibility index (Phi) is 8.26. The summed E-state index contributed by atoms with van der Waals surface area (Å²) >= 11 is 0. The summed E-state index contributed by atoms with van der Waals surface area (Å²) in [4.78, 5) is 46.6. The van der Waals surface area contributed by atoms with E-state index in [1.54, 1.807) is 0 Å². The zero-order chi connectivity index (χ0) is 39.4. The highest BCUT2D eigenvalue weighted by Crippen LogP contribution is 2.43. The van der Waals surface area contributed by atoms with Crippen molar-refractivity contribution in [1.82, 2.24) is 24.9 Å². The molecule has 0 bridgehead atoms. The van der Waals surface area contributed by atoms with Crippen LogP contribution in [0.5, 0.6) is 0 Å². The summed E-state index contributed by atoms with van der Waals surface area (Å²) in [6.07, 6.45) is 5.70. The Bertz CT molecular complexity index is 1940. The van der Waals surface area contributed by atoms with E-state index in [0.717, 1.165) is 46.0 Å². The lowest BCUT2D eigenvalue weighted by molar-refractivity contribution is 0.338. The van der Waals surface area contributed by atoms with Crippen molar-refractivity contribution in [3.63, 3.8) is 0 Å². The number of amidine groups is 3. The molecule has 4 aromatic rings. The average Bonchev–Trinajstić information content (AvgIpc) is 3.44. The van der Waals surface area contributed by atoms with Crippen LogP contribution in [0, 0.1) is 0 Å². The molecular formula is C43H55N11. The topological polar surface area (TPSA) is 111 Å². The summed E-state index contributed by atoms with van der Waals surface area (Å²) in [6.45, 7) is 32.5. The summed E-state index contributed by atoms with van der Waals surface area (Å²) < 4.78 is 0. The van der Waals surface area contributed by atoms with Gasteiger partial charge in [0.2, 0.25) is 0 Å². The summed E-state index contributed by atoms with van der Waals surface area (Å²) in [5, 5.41) is 0. The van der Waals surface area contributed by atoms with E-state index in [-0.39, 0.29) is 33.2 Å². The van der Waals surface area contributed by atoms with Gasteiger partial charge in [-0.1, -0.05) is 0 Å². The van der Waals surface area contributed by atoms with E-state index in [1.165, 1.54) is 0 Å². The zero-order valence-electron chi connectivity index (χ0n) is 34.7. The van der Waals surface area contributed by atoms with Gasteiger partial charge < -0.3 is 14.7 Å². The standard InChI is InChI=1S/C43H55N11/c1-26-49-38(4,5)41(10,11)52(26)29-16-19-32(44-23-29)35-22-36(33-20-17-30(24-45-33)53-27(2)50-39(6,7)42(53,12)13)48-37(47-35)34-21-18-31(25-46-34)54-28(3)51-40(8,9)43(54,14)15/h16-25H,1-15H3. The Morgan fingerprint density at radius 1 is 0.389 bits per heavy atom. The van der Waals surface area contributed by atoms with Gasteiger partial charge in [0.25, 0.3) is 0 Å². The Hall–Kier alpha value is -5.06. The molecule has 4 aromatic heterocycles. The van der Waals surface area contributed by atoms with Crippen LogP contribution in [0.3, 0.4) is 0 Å². The minimum atomic E-state index is -0.244. The fourth-order valence-corrected chi connectivity index (χ4v) is 8.15. The van der Waals surface area contributed by atoms with Crippen LogP contribution in [0.2, 0.25) is 0 Å². The van der Waals surface area contributed by atoms with E-state index in [2.05, 4.69) is 137 Å². The third kappa shape index (κ3) is 5.61. The minimum absolute atomic E-state index is 0.222. The summed E-state index contributed by atoms with van der Waals surface area (Å²) in [7, 11) is 0. The fourth-order valence-electron chi connectivity index (χ4n) is 8.15. The second-order valence-electron chi connectivity index (χ2n) is 18.0. The van der Waals surface area contributed by atoms with E-state index in [4.69, 9.17) is 39.9 Å². The van der Waals surface area contributed by atoms with Crippen molar-refractivity contribution in [2.24, 2.45) is 15.0 Å². The van der Waals surface area contributed by atoms with Crippen molar-refractivity contribution in [2.75, 3.05) is 14.7 Å². The molecule has 282 valence electrons. The summed E-state index contributed by atoms with van der Waals surface area (Å²) in [5.41, 5.74) is 5.01. The van der Waals surface area contributed by atoms with Crippen LogP contribution in [0.1, 0.15) is 104 Å². The van der Waals surface area contributed by atoms with Gasteiger partial charge >= 0.3 is 0 Å². The molecule has 0 aliphatic carbocycles. The van der Waals surface area contributed by atoms with Gasteiger partial charge in [-0.25, -0.2) is 9.97 Å². The van der Waals surface area contributed by atoms with Gasteiger partial charge in [0.15, 0.2) is 5.82 Å². The fraction of sp³-hybridized carbons (Fsp3) is 0.488. The summed E-state index contributed by atoms with van der Waals surface area (Å²) in [6, 6.07) is 14.3. The molecule has 0 radical (unpaired) electrons. The molecule has 54 heavy (non-hydrogen) atoms. The van der Waals surface area contributed by atoms with Gasteiger partial charge in [0, 0.05) is 0 Å². The molecule has 0 fully saturated rings. The molecule has 0 atom stereocenters. The maximum atomic E-state index is 5.05. The van der Waals surface area contributed by atoms with E-state index in [0.29, 0.717) is 22.9 Å². The predicted molar refractivity (Wildman–Crippen MR) is 223 cm³/mol. The van der Waals surface area contributed by atoms with Crippen LogP contribution in [-0.2, 0) is 0 Å². The second kappa shape index (κ2) is 12.0. The maximum absolute atomic E-state index is 5.05. The van der Waals surface area contributed by atoms with Crippen molar-refractivity contribution < 1.29 is 0 Å². The van der Waals surface area contributed by atoms with Crippen LogP contribution in [0.4, 0.5) is 17.1 Å². The van der Waals surface area contributed by atoms with Crippen LogP contribution in [0.25, 0.3) is 34.3 Å². The maximum Gasteiger partial charge on any atom is 0.179 e. The van der Waals surface area contributed by atoms with E-state index in [9.17, 15) is 0 Å². The molecule has 3 aliphatic rings. The molecule has 7 rings (SSSR count). The van der Waals surface area contributed by atoms with Gasteiger partial charge in [-0.3, -0.25) is 29.9 Å². The van der Waals surface area contributed by atoms with Gasteiger partial charge in [-0.15, -0.1) is 0 Å². The molecule has 0 saturated carbocycles. The first-order chi connectivity index (χ1) is 25.0. The Labute approximate surface area is 320 Å². The van der Waals surface area contributed by atoms with Gasteiger partial charge in [0.05, 0.1) is 91.7 Å². The number of nitrogens with zero attached hydrogens (tertiary/aromatic N) is 11. The lowest BCUT2D eigenvalue weighted by Gasteiger charge is -2.41. The number of aliphatic imine (C=N–C) groups is 3. The third-order valence-corrected chi connectivity index (χ3v) is 13.0. The van der Waals surface area contributed by atoms with Crippen LogP contribution in [-0.4, -0.2) is 75.7 Å². The summed E-state index contributed by atoms with van der Waals surface area (Å²) in [5.74, 6) is 3.40. The molecule has 0 saturated heterocycles.